The van der Waals surface area contributed by atoms with E-state index < -0.39 is 4.92 Å². The van der Waals surface area contributed by atoms with Gasteiger partial charge in [-0.15, -0.1) is 0 Å². The van der Waals surface area contributed by atoms with Gasteiger partial charge in [0, 0.05) is 12.2 Å². The lowest BCUT2D eigenvalue weighted by Crippen LogP contribution is -1.96. The number of aliphatic hydroxyl groups excluding tert-OH is 1. The summed E-state index contributed by atoms with van der Waals surface area (Å²) in [5, 5.41) is 26.5. The highest BCUT2D eigenvalue weighted by molar-refractivity contribution is 6.31. The fourth-order valence-electron chi connectivity index (χ4n) is 1.48. The molecule has 0 spiro atoms. The van der Waals surface area contributed by atoms with E-state index in [4.69, 9.17) is 22.0 Å². The van der Waals surface area contributed by atoms with E-state index in [-0.39, 0.29) is 17.4 Å². The molecule has 22 heavy (non-hydrogen) atoms. The Balaban J connectivity index is 0.000000745. The van der Waals surface area contributed by atoms with Crippen molar-refractivity contribution in [1.82, 2.24) is 9.97 Å². The fraction of sp³-hybridized carbons (Fsp3) is 0.214. The molecule has 2 rings (SSSR count). The highest BCUT2D eigenvalue weighted by Gasteiger charge is 2.15. The van der Waals surface area contributed by atoms with Crippen LogP contribution in [0.1, 0.15) is 12.5 Å². The Morgan fingerprint density at radius 2 is 2.00 bits per heavy atom. The maximum atomic E-state index is 10.6. The lowest BCUT2D eigenvalue weighted by molar-refractivity contribution is -0.385. The minimum atomic E-state index is -0.637. The minimum absolute atomic E-state index is 0.198. The van der Waals surface area contributed by atoms with Gasteiger partial charge in [0.1, 0.15) is 6.20 Å². The number of hydrogen-bond acceptors (Lipinski definition) is 6. The second-order valence-electron chi connectivity index (χ2n) is 3.97. The smallest absolute Gasteiger partial charge is 0.324 e. The maximum Gasteiger partial charge on any atom is 0.324 e. The molecule has 0 aliphatic rings. The third kappa shape index (κ3) is 4.77. The molecule has 1 heterocycles. The summed E-state index contributed by atoms with van der Waals surface area (Å²) in [6, 6.07) is 9.08. The van der Waals surface area contributed by atoms with Gasteiger partial charge in [-0.1, -0.05) is 35.9 Å². The number of halogens is 1. The van der Waals surface area contributed by atoms with E-state index in [2.05, 4.69) is 9.97 Å². The predicted molar refractivity (Wildman–Crippen MR) is 81.2 cm³/mol. The van der Waals surface area contributed by atoms with Crippen LogP contribution < -0.4 is 0 Å². The number of aromatic nitrogens is 2. The van der Waals surface area contributed by atoms with E-state index in [9.17, 15) is 10.1 Å². The summed E-state index contributed by atoms with van der Waals surface area (Å²) in [4.78, 5) is 17.8. The molecule has 0 aliphatic carbocycles. The summed E-state index contributed by atoms with van der Waals surface area (Å²) in [6.45, 7) is 1.93. The average Bonchev–Trinajstić information content (AvgIpc) is 2.48. The van der Waals surface area contributed by atoms with Gasteiger partial charge in [0.2, 0.25) is 5.15 Å². The molecule has 0 amide bonds. The zero-order valence-electron chi connectivity index (χ0n) is 11.7. The number of nitro groups is 1. The lowest BCUT2D eigenvalue weighted by Gasteiger charge is -2.01. The van der Waals surface area contributed by atoms with Crippen molar-refractivity contribution in [1.29, 1.82) is 5.26 Å². The van der Waals surface area contributed by atoms with E-state index in [0.717, 1.165) is 11.8 Å². The second-order valence-corrected chi connectivity index (χ2v) is 4.33. The van der Waals surface area contributed by atoms with E-state index in [1.54, 1.807) is 31.2 Å². The van der Waals surface area contributed by atoms with Crippen molar-refractivity contribution in [2.24, 2.45) is 0 Å². The molecule has 1 aromatic carbocycles. The third-order valence-corrected chi connectivity index (χ3v) is 2.69. The number of benzene rings is 1. The van der Waals surface area contributed by atoms with Crippen LogP contribution in [0.3, 0.4) is 0 Å². The molecule has 0 radical (unpaired) electrons. The zero-order chi connectivity index (χ0) is 16.5. The third-order valence-electron chi connectivity index (χ3n) is 2.42. The van der Waals surface area contributed by atoms with Gasteiger partial charge in [0.15, 0.2) is 5.82 Å². The van der Waals surface area contributed by atoms with Crippen molar-refractivity contribution < 1.29 is 10.0 Å². The molecular weight excluding hydrogens is 308 g/mol. The van der Waals surface area contributed by atoms with Crippen molar-refractivity contribution in [3.8, 4) is 17.5 Å². The number of nitriles is 1. The van der Waals surface area contributed by atoms with E-state index in [1.165, 1.54) is 0 Å². The fourth-order valence-corrected chi connectivity index (χ4v) is 1.68. The zero-order valence-corrected chi connectivity index (χ0v) is 12.5. The van der Waals surface area contributed by atoms with Crippen molar-refractivity contribution >= 4 is 17.3 Å². The van der Waals surface area contributed by atoms with Gasteiger partial charge in [-0.05, 0) is 12.5 Å². The summed E-state index contributed by atoms with van der Waals surface area (Å²) >= 11 is 5.72. The molecule has 2 aromatic rings. The van der Waals surface area contributed by atoms with Gasteiger partial charge in [-0.3, -0.25) is 10.1 Å². The highest BCUT2D eigenvalue weighted by Crippen LogP contribution is 2.24. The predicted octanol–water partition coefficient (Wildman–Crippen LogP) is 2.77. The highest BCUT2D eigenvalue weighted by atomic mass is 35.5. The van der Waals surface area contributed by atoms with Crippen molar-refractivity contribution in [2.75, 3.05) is 6.61 Å². The summed E-state index contributed by atoms with van der Waals surface area (Å²) in [7, 11) is 0. The number of rotatable bonds is 3. The van der Waals surface area contributed by atoms with Crippen LogP contribution in [0, 0.1) is 21.4 Å². The standard InChI is InChI=1S/C12H7ClN4O2.C2H6O/c13-11-10(17(18)19)7-15-12(16-11)9-3-1-8(2-4-9)5-6-14;1-2-3/h1-4,7H,5H2;3H,2H2,1H3. The molecule has 1 aromatic heterocycles. The number of nitrogens with zero attached hydrogens (tertiary/aromatic N) is 4. The summed E-state index contributed by atoms with van der Waals surface area (Å²) in [6.07, 6.45) is 1.40. The van der Waals surface area contributed by atoms with Crippen LogP contribution >= 0.6 is 11.6 Å². The summed E-state index contributed by atoms with van der Waals surface area (Å²) in [5.41, 5.74) is 1.23. The summed E-state index contributed by atoms with van der Waals surface area (Å²) < 4.78 is 0. The van der Waals surface area contributed by atoms with Gasteiger partial charge < -0.3 is 5.11 Å². The first-order valence-electron chi connectivity index (χ1n) is 6.27. The molecule has 7 nitrogen and oxygen atoms in total. The first-order chi connectivity index (χ1) is 10.5. The first-order valence-corrected chi connectivity index (χ1v) is 6.65. The Bertz CT molecular complexity index is 683. The SMILES string of the molecule is CCO.N#CCc1ccc(-c2ncc([N+](=O)[O-])c(Cl)n2)cc1. The normalized spacial score (nSPS) is 9.36. The van der Waals surface area contributed by atoms with E-state index in [1.807, 2.05) is 6.07 Å². The quantitative estimate of drug-likeness (QED) is 0.528. The summed E-state index contributed by atoms with van der Waals surface area (Å²) in [5.74, 6) is 0.305. The van der Waals surface area contributed by atoms with E-state index >= 15 is 0 Å². The van der Waals surface area contributed by atoms with Crippen LogP contribution in [0.25, 0.3) is 11.4 Å². The number of aliphatic hydroxyl groups is 1. The Morgan fingerprint density at radius 1 is 1.41 bits per heavy atom. The average molecular weight is 321 g/mol. The van der Waals surface area contributed by atoms with Crippen LogP contribution in [0.15, 0.2) is 30.5 Å². The molecular formula is C14H13ClN4O3. The van der Waals surface area contributed by atoms with Crippen LogP contribution in [-0.2, 0) is 6.42 Å². The topological polar surface area (TPSA) is 113 Å². The van der Waals surface area contributed by atoms with Crippen LogP contribution in [0.4, 0.5) is 5.69 Å². The Labute approximate surface area is 132 Å². The van der Waals surface area contributed by atoms with E-state index in [0.29, 0.717) is 17.8 Å². The van der Waals surface area contributed by atoms with Gasteiger partial charge in [0.25, 0.3) is 0 Å². The van der Waals surface area contributed by atoms with Gasteiger partial charge in [0.05, 0.1) is 17.4 Å². The molecule has 0 fully saturated rings. The van der Waals surface area contributed by atoms with Crippen molar-refractivity contribution in [2.45, 2.75) is 13.3 Å². The van der Waals surface area contributed by atoms with Gasteiger partial charge in [-0.25, -0.2) is 9.97 Å². The molecule has 0 unspecified atom stereocenters. The number of hydrogen-bond donors (Lipinski definition) is 1. The molecule has 0 saturated carbocycles. The molecule has 0 bridgehead atoms. The van der Waals surface area contributed by atoms with Crippen LogP contribution in [0.2, 0.25) is 5.15 Å². The minimum Gasteiger partial charge on any atom is -0.397 e. The van der Waals surface area contributed by atoms with Crippen molar-refractivity contribution in [3.05, 3.63) is 51.3 Å². The Hall–Kier alpha value is -2.56. The molecule has 8 heteroatoms. The molecule has 0 aliphatic heterocycles. The maximum absolute atomic E-state index is 10.6. The Morgan fingerprint density at radius 3 is 2.45 bits per heavy atom. The van der Waals surface area contributed by atoms with Gasteiger partial charge >= 0.3 is 5.69 Å². The van der Waals surface area contributed by atoms with Crippen LogP contribution in [-0.4, -0.2) is 26.6 Å². The second kappa shape index (κ2) is 8.67. The lowest BCUT2D eigenvalue weighted by atomic mass is 10.1. The monoisotopic (exact) mass is 320 g/mol. The Kier molecular flexibility index (Phi) is 6.89. The molecule has 0 saturated heterocycles. The molecule has 1 N–H and O–H groups in total. The van der Waals surface area contributed by atoms with Crippen molar-refractivity contribution in [3.63, 3.8) is 0 Å². The van der Waals surface area contributed by atoms with Gasteiger partial charge in [-0.2, -0.15) is 5.26 Å². The molecule has 114 valence electrons. The molecule has 0 atom stereocenters. The largest absolute Gasteiger partial charge is 0.397 e. The van der Waals surface area contributed by atoms with Crippen LogP contribution in [0.5, 0.6) is 0 Å². The first kappa shape index (κ1) is 17.5.